The molecule has 23 heavy (non-hydrogen) atoms. The number of nitrogens with zero attached hydrogens (tertiary/aromatic N) is 5. The molecule has 1 fully saturated rings. The highest BCUT2D eigenvalue weighted by Gasteiger charge is 2.27. The number of carbonyl (C=O) groups is 1. The molecule has 0 saturated heterocycles. The Labute approximate surface area is 129 Å². The van der Waals surface area contributed by atoms with E-state index in [4.69, 9.17) is 0 Å². The third-order valence-electron chi connectivity index (χ3n) is 3.64. The maximum atomic E-state index is 12.3. The molecule has 3 aromatic rings. The van der Waals surface area contributed by atoms with E-state index in [2.05, 4.69) is 30.8 Å². The van der Waals surface area contributed by atoms with Crippen LogP contribution >= 0.6 is 0 Å². The molecule has 2 aromatic heterocycles. The van der Waals surface area contributed by atoms with Crippen molar-refractivity contribution >= 4 is 22.8 Å². The zero-order chi connectivity index (χ0) is 15.8. The first-order valence-electron chi connectivity index (χ1n) is 7.25. The van der Waals surface area contributed by atoms with Crippen molar-refractivity contribution in [1.29, 1.82) is 0 Å². The summed E-state index contributed by atoms with van der Waals surface area (Å²) in [6.45, 7) is -0.246. The Morgan fingerprint density at radius 2 is 2.17 bits per heavy atom. The van der Waals surface area contributed by atoms with Crippen LogP contribution < -0.4 is 10.9 Å². The van der Waals surface area contributed by atoms with Crippen molar-refractivity contribution in [3.05, 3.63) is 40.4 Å². The van der Waals surface area contributed by atoms with Crippen LogP contribution in [0.2, 0.25) is 0 Å². The summed E-state index contributed by atoms with van der Waals surface area (Å²) < 4.78 is 1.02. The minimum atomic E-state index is -0.432. The Balaban J connectivity index is 1.51. The third kappa shape index (κ3) is 2.68. The standard InChI is InChI=1S/C14H13N7O2/c22-11(15-14-16-12(18-19-14)8-5-6-8)7-21-13(23)9-3-1-2-4-10(9)17-20-21/h1-4,8H,5-7H2,(H2,15,16,18,19,22). The average molecular weight is 311 g/mol. The molecule has 2 heterocycles. The van der Waals surface area contributed by atoms with E-state index in [1.54, 1.807) is 24.3 Å². The number of aromatic nitrogens is 6. The van der Waals surface area contributed by atoms with Crippen LogP contribution in [0.1, 0.15) is 24.6 Å². The lowest BCUT2D eigenvalue weighted by Crippen LogP contribution is -2.30. The summed E-state index contributed by atoms with van der Waals surface area (Å²) in [7, 11) is 0. The molecule has 0 unspecified atom stereocenters. The molecule has 1 aliphatic carbocycles. The minimum Gasteiger partial charge on any atom is -0.292 e. The lowest BCUT2D eigenvalue weighted by molar-refractivity contribution is -0.117. The Bertz CT molecular complexity index is 941. The maximum absolute atomic E-state index is 12.3. The van der Waals surface area contributed by atoms with Gasteiger partial charge < -0.3 is 0 Å². The summed E-state index contributed by atoms with van der Waals surface area (Å²) in [6, 6.07) is 6.86. The lowest BCUT2D eigenvalue weighted by atomic mass is 10.2. The van der Waals surface area contributed by atoms with Crippen molar-refractivity contribution in [2.45, 2.75) is 25.3 Å². The molecule has 0 atom stereocenters. The molecule has 0 radical (unpaired) electrons. The number of anilines is 1. The highest BCUT2D eigenvalue weighted by molar-refractivity contribution is 5.88. The normalized spacial score (nSPS) is 14.1. The summed E-state index contributed by atoms with van der Waals surface area (Å²) >= 11 is 0. The maximum Gasteiger partial charge on any atom is 0.278 e. The summed E-state index contributed by atoms with van der Waals surface area (Å²) in [6.07, 6.45) is 2.18. The second kappa shape index (κ2) is 5.27. The first kappa shape index (κ1) is 13.6. The van der Waals surface area contributed by atoms with E-state index in [9.17, 15) is 9.59 Å². The van der Waals surface area contributed by atoms with E-state index in [0.29, 0.717) is 16.8 Å². The number of nitrogens with one attached hydrogen (secondary N) is 2. The van der Waals surface area contributed by atoms with Crippen LogP contribution in [0.4, 0.5) is 5.95 Å². The SMILES string of the molecule is O=C(Cn1nnc2ccccc2c1=O)Nc1n[nH]c(C2CC2)n1. The van der Waals surface area contributed by atoms with Crippen LogP contribution in [0.25, 0.3) is 10.9 Å². The van der Waals surface area contributed by atoms with Gasteiger partial charge in [0.25, 0.3) is 5.56 Å². The van der Waals surface area contributed by atoms with E-state index in [-0.39, 0.29) is 18.1 Å². The van der Waals surface area contributed by atoms with E-state index in [1.807, 2.05) is 0 Å². The molecule has 0 bridgehead atoms. The summed E-state index contributed by atoms with van der Waals surface area (Å²) in [5.41, 5.74) is 0.136. The van der Waals surface area contributed by atoms with Crippen LogP contribution in [0, 0.1) is 0 Å². The Hall–Kier alpha value is -3.10. The van der Waals surface area contributed by atoms with Crippen molar-refractivity contribution in [2.75, 3.05) is 5.32 Å². The molecule has 1 saturated carbocycles. The van der Waals surface area contributed by atoms with Gasteiger partial charge >= 0.3 is 0 Å². The van der Waals surface area contributed by atoms with Gasteiger partial charge in [-0.05, 0) is 25.0 Å². The van der Waals surface area contributed by atoms with Gasteiger partial charge in [-0.3, -0.25) is 20.0 Å². The fourth-order valence-electron chi connectivity index (χ4n) is 2.30. The number of fused-ring (bicyclic) bond motifs is 1. The topological polar surface area (TPSA) is 118 Å². The van der Waals surface area contributed by atoms with Crippen molar-refractivity contribution in [1.82, 2.24) is 30.2 Å². The van der Waals surface area contributed by atoms with Gasteiger partial charge in [-0.2, -0.15) is 4.98 Å². The van der Waals surface area contributed by atoms with Crippen molar-refractivity contribution < 1.29 is 4.79 Å². The van der Waals surface area contributed by atoms with Gasteiger partial charge in [-0.15, -0.1) is 10.2 Å². The molecule has 116 valence electrons. The molecule has 0 aliphatic heterocycles. The van der Waals surface area contributed by atoms with Crippen molar-refractivity contribution in [2.24, 2.45) is 0 Å². The Morgan fingerprint density at radius 3 is 3.00 bits per heavy atom. The van der Waals surface area contributed by atoms with Crippen LogP contribution in [0.3, 0.4) is 0 Å². The largest absolute Gasteiger partial charge is 0.292 e. The highest BCUT2D eigenvalue weighted by Crippen LogP contribution is 2.38. The van der Waals surface area contributed by atoms with Gasteiger partial charge in [0, 0.05) is 5.92 Å². The fraction of sp³-hybridized carbons (Fsp3) is 0.286. The van der Waals surface area contributed by atoms with E-state index < -0.39 is 5.91 Å². The Kier molecular flexibility index (Phi) is 3.11. The van der Waals surface area contributed by atoms with Crippen molar-refractivity contribution in [3.63, 3.8) is 0 Å². The number of hydrogen-bond acceptors (Lipinski definition) is 6. The van der Waals surface area contributed by atoms with Gasteiger partial charge in [0.1, 0.15) is 17.9 Å². The smallest absolute Gasteiger partial charge is 0.278 e. The Morgan fingerprint density at radius 1 is 1.35 bits per heavy atom. The number of rotatable bonds is 4. The first-order chi connectivity index (χ1) is 11.2. The van der Waals surface area contributed by atoms with Gasteiger partial charge in [0.2, 0.25) is 11.9 Å². The lowest BCUT2D eigenvalue weighted by Gasteiger charge is -2.04. The predicted octanol–water partition coefficient (Wildman–Crippen LogP) is 0.426. The molecule has 1 aliphatic rings. The molecular formula is C14H13N7O2. The second-order valence-electron chi connectivity index (χ2n) is 5.44. The number of H-pyrrole nitrogens is 1. The molecule has 1 amide bonds. The quantitative estimate of drug-likeness (QED) is 0.721. The van der Waals surface area contributed by atoms with E-state index in [1.165, 1.54) is 0 Å². The van der Waals surface area contributed by atoms with E-state index in [0.717, 1.165) is 23.3 Å². The zero-order valence-corrected chi connectivity index (χ0v) is 12.1. The first-order valence-corrected chi connectivity index (χ1v) is 7.25. The molecule has 9 nitrogen and oxygen atoms in total. The molecule has 1 aromatic carbocycles. The van der Waals surface area contributed by atoms with Gasteiger partial charge in [0.15, 0.2) is 0 Å². The highest BCUT2D eigenvalue weighted by atomic mass is 16.2. The fourth-order valence-corrected chi connectivity index (χ4v) is 2.30. The third-order valence-corrected chi connectivity index (χ3v) is 3.64. The van der Waals surface area contributed by atoms with E-state index >= 15 is 0 Å². The summed E-state index contributed by atoms with van der Waals surface area (Å²) in [5.74, 6) is 0.974. The number of benzene rings is 1. The number of amides is 1. The van der Waals surface area contributed by atoms with Crippen LogP contribution in [0.5, 0.6) is 0 Å². The second-order valence-corrected chi connectivity index (χ2v) is 5.44. The van der Waals surface area contributed by atoms with Gasteiger partial charge in [-0.1, -0.05) is 17.3 Å². The average Bonchev–Trinajstić information content (AvgIpc) is 3.31. The molecule has 9 heteroatoms. The van der Waals surface area contributed by atoms with Gasteiger partial charge in [-0.25, -0.2) is 4.68 Å². The van der Waals surface area contributed by atoms with Crippen LogP contribution in [-0.4, -0.2) is 36.1 Å². The van der Waals surface area contributed by atoms with Gasteiger partial charge in [0.05, 0.1) is 5.39 Å². The summed E-state index contributed by atoms with van der Waals surface area (Å²) in [5, 5.41) is 17.4. The molecular weight excluding hydrogens is 298 g/mol. The monoisotopic (exact) mass is 311 g/mol. The number of hydrogen-bond donors (Lipinski definition) is 2. The minimum absolute atomic E-state index is 0.207. The zero-order valence-electron chi connectivity index (χ0n) is 12.1. The van der Waals surface area contributed by atoms with Crippen LogP contribution in [-0.2, 0) is 11.3 Å². The number of carbonyl (C=O) groups excluding carboxylic acids is 1. The summed E-state index contributed by atoms with van der Waals surface area (Å²) in [4.78, 5) is 28.5. The molecule has 4 rings (SSSR count). The molecule has 2 N–H and O–H groups in total. The number of aromatic amines is 1. The van der Waals surface area contributed by atoms with Crippen LogP contribution in [0.15, 0.2) is 29.1 Å². The molecule has 0 spiro atoms. The van der Waals surface area contributed by atoms with Crippen molar-refractivity contribution in [3.8, 4) is 0 Å². The predicted molar refractivity (Wildman–Crippen MR) is 80.8 cm³/mol.